The number of benzene rings is 1. The van der Waals surface area contributed by atoms with E-state index in [0.717, 1.165) is 28.5 Å². The molecule has 1 N–H and O–H groups in total. The highest BCUT2D eigenvalue weighted by Gasteiger charge is 2.20. The Labute approximate surface area is 98.3 Å². The molecule has 0 amide bonds. The summed E-state index contributed by atoms with van der Waals surface area (Å²) in [7, 11) is 0. The highest BCUT2D eigenvalue weighted by atomic mass is 79.9. The van der Waals surface area contributed by atoms with Gasteiger partial charge in [0.1, 0.15) is 0 Å². The first kappa shape index (κ1) is 10.7. The van der Waals surface area contributed by atoms with Gasteiger partial charge in [0.25, 0.3) is 0 Å². The summed E-state index contributed by atoms with van der Waals surface area (Å²) in [6.07, 6.45) is 2.97. The number of aliphatic hydroxyl groups excluding tert-OH is 1. The van der Waals surface area contributed by atoms with E-state index in [2.05, 4.69) is 34.6 Å². The zero-order valence-electron chi connectivity index (χ0n) is 8.41. The Bertz CT molecular complexity index is 420. The van der Waals surface area contributed by atoms with Crippen LogP contribution in [0.5, 0.6) is 0 Å². The van der Waals surface area contributed by atoms with E-state index in [4.69, 9.17) is 0 Å². The first-order valence-corrected chi connectivity index (χ1v) is 5.80. The van der Waals surface area contributed by atoms with Gasteiger partial charge >= 0.3 is 0 Å². The van der Waals surface area contributed by atoms with Crippen molar-refractivity contribution in [3.8, 4) is 0 Å². The predicted molar refractivity (Wildman–Crippen MR) is 66.8 cm³/mol. The molecule has 1 atom stereocenters. The third kappa shape index (κ3) is 1.92. The molecular formula is C13H13BrO. The lowest BCUT2D eigenvalue weighted by Gasteiger charge is -2.22. The topological polar surface area (TPSA) is 20.2 Å². The van der Waals surface area contributed by atoms with Crippen molar-refractivity contribution in [2.75, 3.05) is 0 Å². The Morgan fingerprint density at radius 1 is 1.33 bits per heavy atom. The molecule has 1 aromatic rings. The van der Waals surface area contributed by atoms with Crippen LogP contribution in [0.1, 0.15) is 17.5 Å². The highest BCUT2D eigenvalue weighted by molar-refractivity contribution is 9.11. The normalized spacial score (nSPS) is 17.2. The molecule has 0 aromatic heterocycles. The number of aliphatic hydroxyl groups is 1. The molecular weight excluding hydrogens is 252 g/mol. The van der Waals surface area contributed by atoms with E-state index in [1.165, 1.54) is 5.56 Å². The van der Waals surface area contributed by atoms with Crippen LogP contribution in [0.2, 0.25) is 0 Å². The summed E-state index contributed by atoms with van der Waals surface area (Å²) in [5.41, 5.74) is 3.41. The molecule has 2 rings (SSSR count). The average molecular weight is 265 g/mol. The zero-order chi connectivity index (χ0) is 10.8. The molecule has 15 heavy (non-hydrogen) atoms. The molecule has 0 bridgehead atoms. The van der Waals surface area contributed by atoms with Crippen molar-refractivity contribution < 1.29 is 5.11 Å². The zero-order valence-corrected chi connectivity index (χ0v) is 10.00. The van der Waals surface area contributed by atoms with Crippen molar-refractivity contribution in [3.63, 3.8) is 0 Å². The second-order valence-corrected chi connectivity index (χ2v) is 4.61. The molecule has 0 radical (unpaired) electrons. The van der Waals surface area contributed by atoms with Crippen LogP contribution in [0.3, 0.4) is 0 Å². The monoisotopic (exact) mass is 264 g/mol. The van der Waals surface area contributed by atoms with Crippen molar-refractivity contribution in [1.29, 1.82) is 0 Å². The number of rotatable bonds is 2. The van der Waals surface area contributed by atoms with Crippen LogP contribution in [0.4, 0.5) is 0 Å². The Balaban J connectivity index is 2.55. The summed E-state index contributed by atoms with van der Waals surface area (Å²) in [6, 6.07) is 8.21. The predicted octanol–water partition coefficient (Wildman–Crippen LogP) is 3.29. The van der Waals surface area contributed by atoms with Gasteiger partial charge in [0.15, 0.2) is 0 Å². The molecule has 0 saturated heterocycles. The molecule has 1 aliphatic rings. The van der Waals surface area contributed by atoms with Crippen LogP contribution in [0.25, 0.3) is 5.57 Å². The van der Waals surface area contributed by atoms with Gasteiger partial charge in [-0.15, -0.1) is 6.58 Å². The van der Waals surface area contributed by atoms with Gasteiger partial charge in [0, 0.05) is 10.1 Å². The number of hydrogen-bond acceptors (Lipinski definition) is 1. The minimum Gasteiger partial charge on any atom is -0.384 e. The van der Waals surface area contributed by atoms with Crippen LogP contribution in [-0.2, 0) is 6.42 Å². The summed E-state index contributed by atoms with van der Waals surface area (Å²) in [5, 5.41) is 9.89. The van der Waals surface area contributed by atoms with Crippen molar-refractivity contribution in [3.05, 3.63) is 52.5 Å². The van der Waals surface area contributed by atoms with Crippen molar-refractivity contribution in [1.82, 2.24) is 0 Å². The van der Waals surface area contributed by atoms with Gasteiger partial charge < -0.3 is 5.11 Å². The Morgan fingerprint density at radius 2 is 2.07 bits per heavy atom. The minimum atomic E-state index is -0.583. The SMILES string of the molecule is C=CC(O)C1=C(Br)CCc2ccccc21. The van der Waals surface area contributed by atoms with Gasteiger partial charge in [-0.2, -0.15) is 0 Å². The number of allylic oxidation sites excluding steroid dienone is 1. The molecule has 78 valence electrons. The highest BCUT2D eigenvalue weighted by Crippen LogP contribution is 2.36. The molecule has 1 aromatic carbocycles. The smallest absolute Gasteiger partial charge is 0.0982 e. The molecule has 1 aliphatic carbocycles. The number of fused-ring (bicyclic) bond motifs is 1. The molecule has 0 spiro atoms. The van der Waals surface area contributed by atoms with Crippen LogP contribution in [0.15, 0.2) is 41.4 Å². The third-order valence-electron chi connectivity index (χ3n) is 2.73. The first-order chi connectivity index (χ1) is 7.24. The number of hydrogen-bond donors (Lipinski definition) is 1. The van der Waals surface area contributed by atoms with Crippen LogP contribution >= 0.6 is 15.9 Å². The molecule has 1 nitrogen and oxygen atoms in total. The molecule has 0 heterocycles. The van der Waals surface area contributed by atoms with Gasteiger partial charge in [-0.1, -0.05) is 46.3 Å². The summed E-state index contributed by atoms with van der Waals surface area (Å²) in [5.74, 6) is 0. The Kier molecular flexibility index (Phi) is 3.08. The maximum Gasteiger partial charge on any atom is 0.0982 e. The fraction of sp³-hybridized carbons (Fsp3) is 0.231. The van der Waals surface area contributed by atoms with Gasteiger partial charge in [-0.25, -0.2) is 0 Å². The van der Waals surface area contributed by atoms with Gasteiger partial charge in [-0.3, -0.25) is 0 Å². The molecule has 0 fully saturated rings. The minimum absolute atomic E-state index is 0.583. The Morgan fingerprint density at radius 3 is 2.80 bits per heavy atom. The lowest BCUT2D eigenvalue weighted by atomic mass is 9.88. The largest absolute Gasteiger partial charge is 0.384 e. The van der Waals surface area contributed by atoms with Crippen LogP contribution in [-0.4, -0.2) is 11.2 Å². The molecule has 1 unspecified atom stereocenters. The summed E-state index contributed by atoms with van der Waals surface area (Å²) < 4.78 is 1.09. The van der Waals surface area contributed by atoms with Crippen molar-refractivity contribution in [2.45, 2.75) is 18.9 Å². The standard InChI is InChI=1S/C13H13BrO/c1-2-12(15)13-10-6-4-3-5-9(10)7-8-11(13)14/h2-6,12,15H,1,7-8H2. The van der Waals surface area contributed by atoms with Gasteiger partial charge in [-0.05, 0) is 24.0 Å². The van der Waals surface area contributed by atoms with Crippen LogP contribution in [0, 0.1) is 0 Å². The lowest BCUT2D eigenvalue weighted by molar-refractivity contribution is 0.280. The second-order valence-electron chi connectivity index (χ2n) is 3.66. The summed E-state index contributed by atoms with van der Waals surface area (Å²) in [4.78, 5) is 0. The van der Waals surface area contributed by atoms with Gasteiger partial charge in [0.05, 0.1) is 6.10 Å². The number of halogens is 1. The van der Waals surface area contributed by atoms with E-state index in [9.17, 15) is 5.11 Å². The van der Waals surface area contributed by atoms with E-state index in [1.807, 2.05) is 12.1 Å². The van der Waals surface area contributed by atoms with E-state index >= 15 is 0 Å². The van der Waals surface area contributed by atoms with E-state index in [0.29, 0.717) is 0 Å². The molecule has 2 heteroatoms. The summed E-state index contributed by atoms with van der Waals surface area (Å²) >= 11 is 3.54. The lowest BCUT2D eigenvalue weighted by Crippen LogP contribution is -2.12. The quantitative estimate of drug-likeness (QED) is 0.813. The van der Waals surface area contributed by atoms with Crippen LogP contribution < -0.4 is 0 Å². The molecule has 0 saturated carbocycles. The fourth-order valence-corrected chi connectivity index (χ4v) is 2.61. The third-order valence-corrected chi connectivity index (χ3v) is 3.56. The van der Waals surface area contributed by atoms with E-state index in [1.54, 1.807) is 6.08 Å². The Hall–Kier alpha value is -0.860. The average Bonchev–Trinajstić information content (AvgIpc) is 2.28. The summed E-state index contributed by atoms with van der Waals surface area (Å²) in [6.45, 7) is 3.64. The second kappa shape index (κ2) is 4.33. The molecule has 0 aliphatic heterocycles. The first-order valence-electron chi connectivity index (χ1n) is 5.01. The van der Waals surface area contributed by atoms with Crippen molar-refractivity contribution >= 4 is 21.5 Å². The maximum absolute atomic E-state index is 9.89. The fourth-order valence-electron chi connectivity index (χ4n) is 1.96. The maximum atomic E-state index is 9.89. The van der Waals surface area contributed by atoms with E-state index in [-0.39, 0.29) is 0 Å². The van der Waals surface area contributed by atoms with Crippen molar-refractivity contribution in [2.24, 2.45) is 0 Å². The van der Waals surface area contributed by atoms with Gasteiger partial charge in [0.2, 0.25) is 0 Å². The van der Waals surface area contributed by atoms with E-state index < -0.39 is 6.10 Å². The number of aryl methyl sites for hydroxylation is 1.